The molecule has 0 aliphatic carbocycles. The zero-order valence-electron chi connectivity index (χ0n) is 11.4. The Labute approximate surface area is 121 Å². The number of hydrogen-bond donors (Lipinski definition) is 1. The van der Waals surface area contributed by atoms with Crippen LogP contribution in [0.5, 0.6) is 5.75 Å². The maximum atomic E-state index is 10.8. The highest BCUT2D eigenvalue weighted by atomic mass is 16.5. The van der Waals surface area contributed by atoms with Crippen LogP contribution in [-0.2, 0) is 6.42 Å². The summed E-state index contributed by atoms with van der Waals surface area (Å²) >= 11 is 0. The lowest BCUT2D eigenvalue weighted by atomic mass is 9.96. The molecule has 106 valence electrons. The molecule has 0 saturated carbocycles. The number of aryl methyl sites for hydroxylation is 1. The fraction of sp³-hybridized carbons (Fsp3) is 0.250. The Kier molecular flexibility index (Phi) is 2.86. The molecule has 1 aromatic carbocycles. The smallest absolute Gasteiger partial charge is 0.128 e. The molecule has 0 bridgehead atoms. The molecule has 5 heteroatoms. The minimum atomic E-state index is -0.764. The number of nitrogens with zero attached hydrogens (tertiary/aromatic N) is 3. The summed E-state index contributed by atoms with van der Waals surface area (Å²) in [5, 5.41) is 15.0. The van der Waals surface area contributed by atoms with Gasteiger partial charge in [0.1, 0.15) is 11.9 Å². The molecule has 0 spiro atoms. The lowest BCUT2D eigenvalue weighted by Crippen LogP contribution is -2.12. The topological polar surface area (TPSA) is 59.7 Å². The zero-order chi connectivity index (χ0) is 14.2. The molecule has 1 aliphatic rings. The maximum absolute atomic E-state index is 10.8. The molecular formula is C16H15N3O2. The van der Waals surface area contributed by atoms with Crippen LogP contribution in [0.25, 0.3) is 5.52 Å². The quantitative estimate of drug-likeness (QED) is 0.782. The number of aromatic nitrogens is 3. The highest BCUT2D eigenvalue weighted by Gasteiger charge is 2.23. The van der Waals surface area contributed by atoms with Gasteiger partial charge in [0.05, 0.1) is 24.5 Å². The first kappa shape index (κ1) is 12.3. The van der Waals surface area contributed by atoms with Gasteiger partial charge in [-0.05, 0) is 18.4 Å². The predicted octanol–water partition coefficient (Wildman–Crippen LogP) is 2.14. The van der Waals surface area contributed by atoms with E-state index in [1.165, 1.54) is 0 Å². The summed E-state index contributed by atoms with van der Waals surface area (Å²) in [5.41, 5.74) is 3.50. The van der Waals surface area contributed by atoms with Crippen molar-refractivity contribution < 1.29 is 9.84 Å². The summed E-state index contributed by atoms with van der Waals surface area (Å²) in [6.07, 6.45) is 8.08. The van der Waals surface area contributed by atoms with Crippen molar-refractivity contribution in [3.8, 4) is 5.75 Å². The highest BCUT2D eigenvalue weighted by Crippen LogP contribution is 2.36. The van der Waals surface area contributed by atoms with Crippen molar-refractivity contribution in [1.82, 2.24) is 14.6 Å². The number of aliphatic hydroxyl groups excluding tert-OH is 1. The number of ether oxygens (including phenoxy) is 1. The van der Waals surface area contributed by atoms with Gasteiger partial charge in [0, 0.05) is 23.5 Å². The van der Waals surface area contributed by atoms with E-state index in [0.717, 1.165) is 40.8 Å². The van der Waals surface area contributed by atoms with Crippen LogP contribution in [0, 0.1) is 0 Å². The van der Waals surface area contributed by atoms with E-state index >= 15 is 0 Å². The van der Waals surface area contributed by atoms with E-state index < -0.39 is 6.10 Å². The first-order valence-corrected chi connectivity index (χ1v) is 7.04. The van der Waals surface area contributed by atoms with E-state index in [2.05, 4.69) is 16.1 Å². The summed E-state index contributed by atoms with van der Waals surface area (Å²) in [6, 6.07) is 5.94. The van der Waals surface area contributed by atoms with Crippen LogP contribution in [0.3, 0.4) is 0 Å². The minimum Gasteiger partial charge on any atom is -0.493 e. The van der Waals surface area contributed by atoms with Crippen LogP contribution in [0.1, 0.15) is 29.2 Å². The Bertz CT molecular complexity index is 797. The highest BCUT2D eigenvalue weighted by molar-refractivity contribution is 5.57. The van der Waals surface area contributed by atoms with E-state index in [-0.39, 0.29) is 0 Å². The van der Waals surface area contributed by atoms with Gasteiger partial charge in [-0.15, -0.1) is 0 Å². The average Bonchev–Trinajstić information content (AvgIpc) is 2.98. The van der Waals surface area contributed by atoms with Gasteiger partial charge in [0.15, 0.2) is 0 Å². The van der Waals surface area contributed by atoms with Crippen molar-refractivity contribution in [2.75, 3.05) is 6.61 Å². The third-order valence-corrected chi connectivity index (χ3v) is 3.91. The van der Waals surface area contributed by atoms with Crippen molar-refractivity contribution in [2.45, 2.75) is 18.9 Å². The molecule has 5 nitrogen and oxygen atoms in total. The Morgan fingerprint density at radius 1 is 1.24 bits per heavy atom. The Morgan fingerprint density at radius 3 is 3.14 bits per heavy atom. The molecular weight excluding hydrogens is 266 g/mol. The van der Waals surface area contributed by atoms with Gasteiger partial charge in [0.2, 0.25) is 0 Å². The van der Waals surface area contributed by atoms with Crippen LogP contribution in [0.2, 0.25) is 0 Å². The molecule has 4 rings (SSSR count). The predicted molar refractivity (Wildman–Crippen MR) is 77.3 cm³/mol. The number of rotatable bonds is 2. The first-order chi connectivity index (χ1) is 10.3. The van der Waals surface area contributed by atoms with Crippen LogP contribution in [0.4, 0.5) is 0 Å². The molecule has 1 aliphatic heterocycles. The lowest BCUT2D eigenvalue weighted by Gasteiger charge is -2.22. The zero-order valence-corrected chi connectivity index (χ0v) is 11.4. The van der Waals surface area contributed by atoms with E-state index in [9.17, 15) is 5.11 Å². The maximum Gasteiger partial charge on any atom is 0.128 e. The second-order valence-electron chi connectivity index (χ2n) is 5.20. The van der Waals surface area contributed by atoms with Crippen LogP contribution in [0.15, 0.2) is 43.0 Å². The molecule has 2 aromatic heterocycles. The first-order valence-electron chi connectivity index (χ1n) is 7.04. The average molecular weight is 281 g/mol. The molecule has 0 radical (unpaired) electrons. The fourth-order valence-electron chi connectivity index (χ4n) is 2.86. The van der Waals surface area contributed by atoms with E-state index in [0.29, 0.717) is 6.61 Å². The number of benzene rings is 1. The van der Waals surface area contributed by atoms with Gasteiger partial charge in [0.25, 0.3) is 0 Å². The number of aliphatic hydroxyl groups is 1. The summed E-state index contributed by atoms with van der Waals surface area (Å²) in [4.78, 5) is 4.11. The van der Waals surface area contributed by atoms with E-state index in [1.807, 2.05) is 12.1 Å². The standard InChI is InChI=1S/C16H15N3O2/c20-15(13-9-18-19-7-6-17-10-14(13)19)12-5-1-3-11-4-2-8-21-16(11)12/h1,3,5-7,9-10,15,20H,2,4,8H2. The van der Waals surface area contributed by atoms with Crippen LogP contribution >= 0.6 is 0 Å². The summed E-state index contributed by atoms with van der Waals surface area (Å²) < 4.78 is 7.49. The van der Waals surface area contributed by atoms with Crippen molar-refractivity contribution >= 4 is 5.52 Å². The molecule has 0 amide bonds. The molecule has 3 aromatic rings. The molecule has 0 saturated heterocycles. The third kappa shape index (κ3) is 1.97. The minimum absolute atomic E-state index is 0.701. The fourth-order valence-corrected chi connectivity index (χ4v) is 2.86. The summed E-state index contributed by atoms with van der Waals surface area (Å²) in [7, 11) is 0. The molecule has 1 unspecified atom stereocenters. The Hall–Kier alpha value is -2.40. The van der Waals surface area contributed by atoms with Crippen molar-refractivity contribution in [2.24, 2.45) is 0 Å². The molecule has 1 N–H and O–H groups in total. The van der Waals surface area contributed by atoms with Gasteiger partial charge < -0.3 is 9.84 Å². The normalized spacial score (nSPS) is 15.5. The van der Waals surface area contributed by atoms with E-state index in [4.69, 9.17) is 4.74 Å². The van der Waals surface area contributed by atoms with Crippen LogP contribution < -0.4 is 4.74 Å². The van der Waals surface area contributed by atoms with Gasteiger partial charge >= 0.3 is 0 Å². The van der Waals surface area contributed by atoms with Gasteiger partial charge in [-0.2, -0.15) is 5.10 Å². The second-order valence-corrected chi connectivity index (χ2v) is 5.20. The number of hydrogen-bond acceptors (Lipinski definition) is 4. The molecule has 1 atom stereocenters. The molecule has 3 heterocycles. The largest absolute Gasteiger partial charge is 0.493 e. The molecule has 0 fully saturated rings. The van der Waals surface area contributed by atoms with Crippen molar-refractivity contribution in [3.63, 3.8) is 0 Å². The summed E-state index contributed by atoms with van der Waals surface area (Å²) in [5.74, 6) is 0.819. The third-order valence-electron chi connectivity index (χ3n) is 3.91. The van der Waals surface area contributed by atoms with Gasteiger partial charge in [-0.3, -0.25) is 4.98 Å². The monoisotopic (exact) mass is 281 g/mol. The number of fused-ring (bicyclic) bond motifs is 2. The van der Waals surface area contributed by atoms with Crippen molar-refractivity contribution in [3.05, 3.63) is 59.7 Å². The molecule has 21 heavy (non-hydrogen) atoms. The SMILES string of the molecule is OC(c1cccc2c1OCCC2)c1cnn2ccncc12. The lowest BCUT2D eigenvalue weighted by molar-refractivity contribution is 0.208. The Morgan fingerprint density at radius 2 is 2.19 bits per heavy atom. The second kappa shape index (κ2) is 4.86. The van der Waals surface area contributed by atoms with Gasteiger partial charge in [-0.25, -0.2) is 4.52 Å². The van der Waals surface area contributed by atoms with Crippen LogP contribution in [-0.4, -0.2) is 26.3 Å². The van der Waals surface area contributed by atoms with Crippen molar-refractivity contribution in [1.29, 1.82) is 0 Å². The Balaban J connectivity index is 1.83. The van der Waals surface area contributed by atoms with E-state index in [1.54, 1.807) is 29.3 Å². The number of para-hydroxylation sites is 1. The summed E-state index contributed by atoms with van der Waals surface area (Å²) in [6.45, 7) is 0.701. The van der Waals surface area contributed by atoms with Gasteiger partial charge in [-0.1, -0.05) is 18.2 Å².